The molecule has 0 saturated carbocycles. The molecule has 8 heteroatoms. The van der Waals surface area contributed by atoms with Gasteiger partial charge in [-0.15, -0.1) is 0 Å². The maximum absolute atomic E-state index is 12.6. The number of hydrogen-bond acceptors (Lipinski definition) is 2. The standard InChI is InChI=1S/C7H3F5O.C4H6N2/c1-13-7-5(11)3(9)2(8)4(10)6(7)12;1-6-3-2-5-4-6/h1H3;2-4H,1H3. The summed E-state index contributed by atoms with van der Waals surface area (Å²) in [6.45, 7) is 0. The van der Waals surface area contributed by atoms with Gasteiger partial charge < -0.3 is 9.30 Å². The van der Waals surface area contributed by atoms with Gasteiger partial charge in [0.1, 0.15) is 0 Å². The summed E-state index contributed by atoms with van der Waals surface area (Å²) in [7, 11) is 2.74. The minimum Gasteiger partial charge on any atom is -0.491 e. The molecule has 0 spiro atoms. The fourth-order valence-corrected chi connectivity index (χ4v) is 1.09. The smallest absolute Gasteiger partial charge is 0.206 e. The average molecular weight is 280 g/mol. The first kappa shape index (κ1) is 14.9. The highest BCUT2D eigenvalue weighted by Crippen LogP contribution is 2.28. The van der Waals surface area contributed by atoms with Crippen molar-refractivity contribution in [3.05, 3.63) is 47.8 Å². The lowest BCUT2D eigenvalue weighted by Gasteiger charge is -2.05. The van der Waals surface area contributed by atoms with E-state index in [1.165, 1.54) is 0 Å². The van der Waals surface area contributed by atoms with E-state index in [0.29, 0.717) is 0 Å². The van der Waals surface area contributed by atoms with Crippen LogP contribution in [0.5, 0.6) is 5.75 Å². The van der Waals surface area contributed by atoms with E-state index >= 15 is 0 Å². The molecule has 0 N–H and O–H groups in total. The molecule has 0 atom stereocenters. The second kappa shape index (κ2) is 6.17. The van der Waals surface area contributed by atoms with Crippen LogP contribution in [0.25, 0.3) is 0 Å². The van der Waals surface area contributed by atoms with Crippen LogP contribution in [-0.2, 0) is 7.05 Å². The van der Waals surface area contributed by atoms with Crippen molar-refractivity contribution in [2.75, 3.05) is 7.11 Å². The number of aryl methyl sites for hydroxylation is 1. The van der Waals surface area contributed by atoms with E-state index in [1.54, 1.807) is 12.5 Å². The minimum absolute atomic E-state index is 0.804. The molecular formula is C11H9F5N2O. The number of nitrogens with zero attached hydrogens (tertiary/aromatic N) is 2. The fourth-order valence-electron chi connectivity index (χ4n) is 1.09. The highest BCUT2D eigenvalue weighted by molar-refractivity contribution is 5.29. The molecule has 19 heavy (non-hydrogen) atoms. The van der Waals surface area contributed by atoms with Gasteiger partial charge in [0.05, 0.1) is 13.4 Å². The van der Waals surface area contributed by atoms with E-state index in [1.807, 2.05) is 17.8 Å². The molecule has 2 rings (SSSR count). The Hall–Kier alpha value is -2.12. The Morgan fingerprint density at radius 2 is 1.42 bits per heavy atom. The minimum atomic E-state index is -2.20. The molecule has 3 nitrogen and oxygen atoms in total. The van der Waals surface area contributed by atoms with Gasteiger partial charge in [-0.1, -0.05) is 0 Å². The van der Waals surface area contributed by atoms with Crippen LogP contribution in [0, 0.1) is 29.1 Å². The molecule has 0 aliphatic carbocycles. The van der Waals surface area contributed by atoms with Crippen LogP contribution < -0.4 is 4.74 Å². The molecule has 1 heterocycles. The van der Waals surface area contributed by atoms with Gasteiger partial charge in [-0.25, -0.2) is 18.2 Å². The van der Waals surface area contributed by atoms with E-state index in [-0.39, 0.29) is 0 Å². The summed E-state index contributed by atoms with van der Waals surface area (Å²) >= 11 is 0. The zero-order valence-corrected chi connectivity index (χ0v) is 9.92. The average Bonchev–Trinajstić information content (AvgIpc) is 2.87. The molecule has 0 fully saturated rings. The van der Waals surface area contributed by atoms with Gasteiger partial charge in [0.2, 0.25) is 29.1 Å². The summed E-state index contributed by atoms with van der Waals surface area (Å²) in [5.74, 6) is -11.5. The third-order valence-electron chi connectivity index (χ3n) is 2.01. The van der Waals surface area contributed by atoms with Crippen molar-refractivity contribution in [3.8, 4) is 5.75 Å². The van der Waals surface area contributed by atoms with E-state index in [2.05, 4.69) is 9.72 Å². The Balaban J connectivity index is 0.000000250. The van der Waals surface area contributed by atoms with Crippen molar-refractivity contribution >= 4 is 0 Å². The lowest BCUT2D eigenvalue weighted by Crippen LogP contribution is -2.04. The number of hydrogen-bond donors (Lipinski definition) is 0. The third-order valence-corrected chi connectivity index (χ3v) is 2.01. The molecule has 104 valence electrons. The molecule has 1 aromatic carbocycles. The van der Waals surface area contributed by atoms with Gasteiger partial charge >= 0.3 is 0 Å². The number of benzene rings is 1. The van der Waals surface area contributed by atoms with Crippen LogP contribution in [0.2, 0.25) is 0 Å². The number of rotatable bonds is 1. The molecule has 0 amide bonds. The maximum Gasteiger partial charge on any atom is 0.206 e. The summed E-state index contributed by atoms with van der Waals surface area (Å²) in [6, 6.07) is 0. The van der Waals surface area contributed by atoms with Crippen LogP contribution in [0.4, 0.5) is 22.0 Å². The lowest BCUT2D eigenvalue weighted by molar-refractivity contribution is 0.310. The Bertz CT molecular complexity index is 528. The van der Waals surface area contributed by atoms with Gasteiger partial charge in [-0.2, -0.15) is 8.78 Å². The van der Waals surface area contributed by atoms with Crippen molar-refractivity contribution in [1.82, 2.24) is 9.55 Å². The van der Waals surface area contributed by atoms with E-state index < -0.39 is 34.8 Å². The van der Waals surface area contributed by atoms with Crippen molar-refractivity contribution in [2.45, 2.75) is 0 Å². The van der Waals surface area contributed by atoms with Crippen LogP contribution >= 0.6 is 0 Å². The molecule has 0 radical (unpaired) electrons. The number of ether oxygens (including phenoxy) is 1. The summed E-state index contributed by atoms with van der Waals surface area (Å²) in [5.41, 5.74) is 0. The van der Waals surface area contributed by atoms with Crippen LogP contribution in [0.15, 0.2) is 18.7 Å². The summed E-state index contributed by atoms with van der Waals surface area (Å²) in [5, 5.41) is 0. The Kier molecular flexibility index (Phi) is 4.85. The summed E-state index contributed by atoms with van der Waals surface area (Å²) in [4.78, 5) is 3.78. The third kappa shape index (κ3) is 3.21. The molecule has 1 aromatic heterocycles. The SMILES string of the molecule is COc1c(F)c(F)c(F)c(F)c1F.Cn1ccnc1. The molecule has 2 aromatic rings. The molecular weight excluding hydrogens is 271 g/mol. The predicted octanol–water partition coefficient (Wildman–Crippen LogP) is 2.81. The zero-order chi connectivity index (χ0) is 14.6. The number of imidazole rings is 1. The Labute approximate surface area is 105 Å². The van der Waals surface area contributed by atoms with Crippen molar-refractivity contribution < 1.29 is 26.7 Å². The largest absolute Gasteiger partial charge is 0.491 e. The van der Waals surface area contributed by atoms with Gasteiger partial charge in [0, 0.05) is 19.4 Å². The highest BCUT2D eigenvalue weighted by Gasteiger charge is 2.26. The summed E-state index contributed by atoms with van der Waals surface area (Å²) < 4.78 is 68.0. The Morgan fingerprint density at radius 3 is 1.68 bits per heavy atom. The Morgan fingerprint density at radius 1 is 0.947 bits per heavy atom. The van der Waals surface area contributed by atoms with Crippen LogP contribution in [0.1, 0.15) is 0 Å². The first-order chi connectivity index (χ1) is 8.90. The first-order valence-electron chi connectivity index (χ1n) is 4.87. The molecule has 0 unspecified atom stereocenters. The van der Waals surface area contributed by atoms with Gasteiger partial charge in [-0.3, -0.25) is 0 Å². The molecule has 0 saturated heterocycles. The number of methoxy groups -OCH3 is 1. The summed E-state index contributed by atoms with van der Waals surface area (Å²) in [6.07, 6.45) is 5.39. The van der Waals surface area contributed by atoms with Crippen molar-refractivity contribution in [2.24, 2.45) is 7.05 Å². The van der Waals surface area contributed by atoms with Crippen LogP contribution in [-0.4, -0.2) is 16.7 Å². The monoisotopic (exact) mass is 280 g/mol. The van der Waals surface area contributed by atoms with Gasteiger partial charge in [0.15, 0.2) is 5.75 Å². The molecule has 0 aliphatic heterocycles. The second-order valence-corrected chi connectivity index (χ2v) is 3.33. The predicted molar refractivity (Wildman–Crippen MR) is 56.0 cm³/mol. The van der Waals surface area contributed by atoms with Gasteiger partial charge in [0.25, 0.3) is 0 Å². The normalized spacial score (nSPS) is 9.84. The fraction of sp³-hybridized carbons (Fsp3) is 0.182. The van der Waals surface area contributed by atoms with Crippen molar-refractivity contribution in [1.29, 1.82) is 0 Å². The van der Waals surface area contributed by atoms with Crippen molar-refractivity contribution in [3.63, 3.8) is 0 Å². The van der Waals surface area contributed by atoms with E-state index in [4.69, 9.17) is 0 Å². The topological polar surface area (TPSA) is 27.1 Å². The van der Waals surface area contributed by atoms with E-state index in [0.717, 1.165) is 7.11 Å². The highest BCUT2D eigenvalue weighted by atomic mass is 19.2. The quantitative estimate of drug-likeness (QED) is 0.456. The van der Waals surface area contributed by atoms with Crippen LogP contribution in [0.3, 0.4) is 0 Å². The lowest BCUT2D eigenvalue weighted by atomic mass is 10.3. The first-order valence-corrected chi connectivity index (χ1v) is 4.87. The molecule has 0 bridgehead atoms. The molecule has 0 aliphatic rings. The zero-order valence-electron chi connectivity index (χ0n) is 9.92. The number of aromatic nitrogens is 2. The van der Waals surface area contributed by atoms with Gasteiger partial charge in [-0.05, 0) is 0 Å². The van der Waals surface area contributed by atoms with E-state index in [9.17, 15) is 22.0 Å². The number of halogens is 5. The second-order valence-electron chi connectivity index (χ2n) is 3.33. The maximum atomic E-state index is 12.6.